The lowest BCUT2D eigenvalue weighted by atomic mass is 9.78. The van der Waals surface area contributed by atoms with Gasteiger partial charge in [-0.15, -0.1) is 0 Å². The van der Waals surface area contributed by atoms with E-state index in [-0.39, 0.29) is 0 Å². The van der Waals surface area contributed by atoms with Gasteiger partial charge in [-0.25, -0.2) is 15.4 Å². The summed E-state index contributed by atoms with van der Waals surface area (Å²) in [5.74, 6) is -2.42. The lowest BCUT2D eigenvalue weighted by Gasteiger charge is -2.31. The zero-order valence-electron chi connectivity index (χ0n) is 8.60. The summed E-state index contributed by atoms with van der Waals surface area (Å²) in [5.41, 5.74) is 0. The van der Waals surface area contributed by atoms with Crippen molar-refractivity contribution in [2.45, 2.75) is 45.0 Å². The molecular weight excluding hydrogens is 184 g/mol. The molecule has 0 saturated heterocycles. The number of hydrogen-bond acceptors (Lipinski definition) is 0. The summed E-state index contributed by atoms with van der Waals surface area (Å²) in [7, 11) is 0. The van der Waals surface area contributed by atoms with Gasteiger partial charge in [0, 0.05) is 12.3 Å². The zero-order valence-corrected chi connectivity index (χ0v) is 8.60. The van der Waals surface area contributed by atoms with Gasteiger partial charge in [0.25, 0.3) is 0 Å². The highest BCUT2D eigenvalue weighted by molar-refractivity contribution is 4.80. The molecule has 1 aliphatic rings. The molecule has 1 aliphatic carbocycles. The van der Waals surface area contributed by atoms with E-state index in [1.54, 1.807) is 0 Å². The Morgan fingerprint density at radius 1 is 1.29 bits per heavy atom. The third-order valence-corrected chi connectivity index (χ3v) is 3.21. The topological polar surface area (TPSA) is 4.36 Å². The molecule has 1 fully saturated rings. The molecule has 3 heteroatoms. The first kappa shape index (κ1) is 11.4. The molecule has 80 valence electrons. The second kappa shape index (κ2) is 4.72. The summed E-state index contributed by atoms with van der Waals surface area (Å²) >= 11 is 0. The molecule has 1 nitrogen and oxygen atoms in total. The van der Waals surface area contributed by atoms with Crippen LogP contribution in [0.15, 0.2) is 0 Å². The van der Waals surface area contributed by atoms with E-state index in [4.69, 9.17) is 6.57 Å². The minimum atomic E-state index is -2.51. The average Bonchev–Trinajstić information content (AvgIpc) is 2.14. The standard InChI is InChI=1S/C11H17F2N/c1-11(12,13)10-5-3-9(4-6-10)7-8-14-2/h9-10H,3-8H2,1H3. The van der Waals surface area contributed by atoms with Gasteiger partial charge in [0.1, 0.15) is 0 Å². The average molecular weight is 201 g/mol. The first-order valence-electron chi connectivity index (χ1n) is 5.25. The Bertz CT molecular complexity index is 206. The van der Waals surface area contributed by atoms with Gasteiger partial charge in [0.15, 0.2) is 0 Å². The van der Waals surface area contributed by atoms with Crippen molar-refractivity contribution >= 4 is 0 Å². The summed E-state index contributed by atoms with van der Waals surface area (Å²) in [6.07, 6.45) is 3.91. The SMILES string of the molecule is [C-]#[N+]CCC1CCC(C(C)(F)F)CC1. The summed E-state index contributed by atoms with van der Waals surface area (Å²) in [6, 6.07) is 0. The number of halogens is 2. The van der Waals surface area contributed by atoms with Crippen molar-refractivity contribution in [1.29, 1.82) is 0 Å². The number of nitrogens with zero attached hydrogens (tertiary/aromatic N) is 1. The molecule has 1 saturated carbocycles. The third kappa shape index (κ3) is 3.25. The maximum atomic E-state index is 12.9. The normalized spacial score (nSPS) is 28.4. The van der Waals surface area contributed by atoms with E-state index in [0.717, 1.165) is 26.2 Å². The predicted octanol–water partition coefficient (Wildman–Crippen LogP) is 3.76. The van der Waals surface area contributed by atoms with Gasteiger partial charge in [-0.1, -0.05) is 0 Å². The van der Waals surface area contributed by atoms with Gasteiger partial charge in [-0.3, -0.25) is 0 Å². The molecule has 14 heavy (non-hydrogen) atoms. The minimum Gasteiger partial charge on any atom is -0.317 e. The van der Waals surface area contributed by atoms with Crippen LogP contribution in [0.2, 0.25) is 0 Å². The maximum Gasteiger partial charge on any atom is 0.248 e. The first-order valence-corrected chi connectivity index (χ1v) is 5.25. The van der Waals surface area contributed by atoms with E-state index in [9.17, 15) is 8.78 Å². The molecule has 1 rings (SSSR count). The van der Waals surface area contributed by atoms with Crippen LogP contribution in [0, 0.1) is 18.4 Å². The van der Waals surface area contributed by atoms with Gasteiger partial charge in [-0.2, -0.15) is 0 Å². The van der Waals surface area contributed by atoms with Crippen LogP contribution in [-0.2, 0) is 0 Å². The number of hydrogen-bond donors (Lipinski definition) is 0. The van der Waals surface area contributed by atoms with Crippen LogP contribution >= 0.6 is 0 Å². The summed E-state index contributed by atoms with van der Waals surface area (Å²) in [5, 5.41) is 0. The van der Waals surface area contributed by atoms with E-state index in [0.29, 0.717) is 25.3 Å². The molecule has 0 bridgehead atoms. The van der Waals surface area contributed by atoms with Crippen molar-refractivity contribution in [3.8, 4) is 0 Å². The Kier molecular flexibility index (Phi) is 3.86. The van der Waals surface area contributed by atoms with Crippen molar-refractivity contribution in [3.05, 3.63) is 11.4 Å². The molecule has 0 atom stereocenters. The third-order valence-electron chi connectivity index (χ3n) is 3.21. The predicted molar refractivity (Wildman–Crippen MR) is 52.2 cm³/mol. The monoisotopic (exact) mass is 201 g/mol. The molecule has 0 unspecified atom stereocenters. The molecule has 0 spiro atoms. The van der Waals surface area contributed by atoms with Crippen LogP contribution in [0.25, 0.3) is 4.85 Å². The fourth-order valence-corrected chi connectivity index (χ4v) is 2.21. The second-order valence-electron chi connectivity index (χ2n) is 4.34. The van der Waals surface area contributed by atoms with E-state index in [2.05, 4.69) is 4.85 Å². The van der Waals surface area contributed by atoms with Crippen LogP contribution in [0.3, 0.4) is 0 Å². The molecule has 0 heterocycles. The quantitative estimate of drug-likeness (QED) is 0.612. The fraction of sp³-hybridized carbons (Fsp3) is 0.909. The first-order chi connectivity index (χ1) is 6.54. The Balaban J connectivity index is 2.29. The minimum absolute atomic E-state index is 0.424. The smallest absolute Gasteiger partial charge is 0.248 e. The number of rotatable bonds is 3. The Morgan fingerprint density at radius 3 is 2.29 bits per heavy atom. The largest absolute Gasteiger partial charge is 0.317 e. The van der Waals surface area contributed by atoms with Gasteiger partial charge in [0.05, 0.1) is 0 Å². The number of alkyl halides is 2. The van der Waals surface area contributed by atoms with Crippen LogP contribution in [0.1, 0.15) is 39.0 Å². The highest BCUT2D eigenvalue weighted by atomic mass is 19.3. The van der Waals surface area contributed by atoms with Crippen LogP contribution in [0.5, 0.6) is 0 Å². The molecule has 0 N–H and O–H groups in total. The molecule has 0 aliphatic heterocycles. The second-order valence-corrected chi connectivity index (χ2v) is 4.34. The lowest BCUT2D eigenvalue weighted by Crippen LogP contribution is -2.28. The maximum absolute atomic E-state index is 12.9. The van der Waals surface area contributed by atoms with E-state index in [1.165, 1.54) is 0 Å². The lowest BCUT2D eigenvalue weighted by molar-refractivity contribution is -0.0579. The van der Waals surface area contributed by atoms with Gasteiger partial charge in [-0.05, 0) is 38.5 Å². The van der Waals surface area contributed by atoms with Crippen molar-refractivity contribution < 1.29 is 8.78 Å². The van der Waals surface area contributed by atoms with Crippen LogP contribution < -0.4 is 0 Å². The highest BCUT2D eigenvalue weighted by Gasteiger charge is 2.36. The van der Waals surface area contributed by atoms with E-state index >= 15 is 0 Å². The van der Waals surface area contributed by atoms with Crippen LogP contribution in [-0.4, -0.2) is 12.5 Å². The summed E-state index contributed by atoms with van der Waals surface area (Å²) in [4.78, 5) is 3.30. The van der Waals surface area contributed by atoms with Crippen molar-refractivity contribution in [2.24, 2.45) is 11.8 Å². The molecule has 0 amide bonds. The molecule has 0 radical (unpaired) electrons. The van der Waals surface area contributed by atoms with Gasteiger partial charge >= 0.3 is 0 Å². The van der Waals surface area contributed by atoms with E-state index < -0.39 is 11.8 Å². The molecular formula is C11H17F2N. The van der Waals surface area contributed by atoms with Gasteiger partial charge in [0.2, 0.25) is 12.5 Å². The Morgan fingerprint density at radius 2 is 1.86 bits per heavy atom. The highest BCUT2D eigenvalue weighted by Crippen LogP contribution is 2.39. The molecule has 0 aromatic heterocycles. The van der Waals surface area contributed by atoms with Crippen molar-refractivity contribution in [3.63, 3.8) is 0 Å². The fourth-order valence-electron chi connectivity index (χ4n) is 2.21. The molecule has 0 aromatic carbocycles. The zero-order chi connectivity index (χ0) is 10.6. The van der Waals surface area contributed by atoms with E-state index in [1.807, 2.05) is 0 Å². The summed E-state index contributed by atoms with van der Waals surface area (Å²) < 4.78 is 25.9. The van der Waals surface area contributed by atoms with Gasteiger partial charge < -0.3 is 4.85 Å². The summed E-state index contributed by atoms with van der Waals surface area (Å²) in [6.45, 7) is 8.24. The van der Waals surface area contributed by atoms with Crippen molar-refractivity contribution in [1.82, 2.24) is 0 Å². The van der Waals surface area contributed by atoms with Crippen molar-refractivity contribution in [2.75, 3.05) is 6.54 Å². The Hall–Kier alpha value is -0.650. The molecule has 0 aromatic rings. The Labute approximate surface area is 84.3 Å². The van der Waals surface area contributed by atoms with Crippen LogP contribution in [0.4, 0.5) is 8.78 Å².